The van der Waals surface area contributed by atoms with Crippen LogP contribution in [0.3, 0.4) is 0 Å². The van der Waals surface area contributed by atoms with Gasteiger partial charge in [0.05, 0.1) is 10.1 Å². The predicted octanol–water partition coefficient (Wildman–Crippen LogP) is 2.90. The van der Waals surface area contributed by atoms with Crippen LogP contribution in [0.25, 0.3) is 11.6 Å². The number of halogens is 2. The lowest BCUT2D eigenvalue weighted by molar-refractivity contribution is -0.110. The van der Waals surface area contributed by atoms with Crippen molar-refractivity contribution in [3.05, 3.63) is 84.8 Å². The third-order valence-corrected chi connectivity index (χ3v) is 6.92. The van der Waals surface area contributed by atoms with E-state index in [2.05, 4.69) is 24.1 Å². The Kier molecular flexibility index (Phi) is 6.85. The van der Waals surface area contributed by atoms with Crippen LogP contribution in [-0.2, 0) is 11.3 Å². The molecule has 0 spiro atoms. The smallest absolute Gasteiger partial charge is 0.269 e. The van der Waals surface area contributed by atoms with Gasteiger partial charge < -0.3 is 10.2 Å². The molecule has 172 valence electrons. The van der Waals surface area contributed by atoms with Crippen molar-refractivity contribution >= 4 is 34.6 Å². The Labute approximate surface area is 194 Å². The molecule has 3 aromatic rings. The maximum atomic E-state index is 14.3. The molecule has 33 heavy (non-hydrogen) atoms. The summed E-state index contributed by atoms with van der Waals surface area (Å²) in [5, 5.41) is 2.85. The number of nitrogens with one attached hydrogen (secondary N) is 1. The number of rotatable bonds is 7. The number of anilines is 1. The van der Waals surface area contributed by atoms with Gasteiger partial charge in [0.25, 0.3) is 11.5 Å². The standard InChI is InChI=1S/C25H25F2N3O2S/c1-3-29(4-2)12-7-13-30-24(32)21(14-16-10-11-17(26)15-19(16)27)33-25(30)22-18-8-5-6-9-20(18)28-23(22)31/h5-6,8-11,14-15H,3-4,7,12-13H2,1-2H3,(H,28,31)/b21-14-,25-22-. The fourth-order valence-corrected chi connectivity index (χ4v) is 5.17. The van der Waals surface area contributed by atoms with Gasteiger partial charge in [-0.2, -0.15) is 0 Å². The Morgan fingerprint density at radius 1 is 1.09 bits per heavy atom. The zero-order valence-electron chi connectivity index (χ0n) is 18.5. The van der Waals surface area contributed by atoms with Gasteiger partial charge in [-0.05, 0) is 50.3 Å². The van der Waals surface area contributed by atoms with Gasteiger partial charge in [0.1, 0.15) is 16.3 Å². The Morgan fingerprint density at radius 3 is 2.58 bits per heavy atom. The molecule has 0 unspecified atom stereocenters. The number of para-hydroxylation sites is 1. The molecule has 1 aliphatic heterocycles. The normalized spacial score (nSPS) is 15.3. The van der Waals surface area contributed by atoms with Gasteiger partial charge in [0.2, 0.25) is 0 Å². The zero-order chi connectivity index (χ0) is 23.5. The molecule has 8 heteroatoms. The molecule has 0 saturated heterocycles. The summed E-state index contributed by atoms with van der Waals surface area (Å²) in [7, 11) is 0. The fraction of sp³-hybridized carbons (Fsp3) is 0.280. The second kappa shape index (κ2) is 9.80. The number of fused-ring (bicyclic) bond motifs is 1. The zero-order valence-corrected chi connectivity index (χ0v) is 19.3. The molecule has 1 aliphatic rings. The number of carbonyl (C=O) groups is 1. The van der Waals surface area contributed by atoms with Crippen LogP contribution in [0.15, 0.2) is 47.3 Å². The predicted molar refractivity (Wildman–Crippen MR) is 128 cm³/mol. The molecular formula is C25H25F2N3O2S. The third-order valence-electron chi connectivity index (χ3n) is 5.79. The van der Waals surface area contributed by atoms with E-state index in [-0.39, 0.29) is 17.0 Å². The molecule has 0 saturated carbocycles. The first-order valence-electron chi connectivity index (χ1n) is 11.0. The number of benzene rings is 2. The molecule has 0 radical (unpaired) electrons. The minimum Gasteiger partial charge on any atom is -0.321 e. The van der Waals surface area contributed by atoms with E-state index in [9.17, 15) is 18.4 Å². The van der Waals surface area contributed by atoms with Gasteiger partial charge in [-0.25, -0.2) is 8.78 Å². The van der Waals surface area contributed by atoms with Crippen molar-refractivity contribution in [1.29, 1.82) is 0 Å². The summed E-state index contributed by atoms with van der Waals surface area (Å²) in [6.07, 6.45) is 2.15. The highest BCUT2D eigenvalue weighted by Crippen LogP contribution is 2.29. The number of thiazole rings is 1. The summed E-state index contributed by atoms with van der Waals surface area (Å²) in [5.41, 5.74) is 1.71. The highest BCUT2D eigenvalue weighted by atomic mass is 32.1. The van der Waals surface area contributed by atoms with Crippen molar-refractivity contribution in [3.63, 3.8) is 0 Å². The van der Waals surface area contributed by atoms with Gasteiger partial charge in [-0.1, -0.05) is 32.0 Å². The molecule has 0 aliphatic carbocycles. The average Bonchev–Trinajstić information content (AvgIpc) is 3.28. The Morgan fingerprint density at radius 2 is 1.85 bits per heavy atom. The monoisotopic (exact) mass is 469 g/mol. The van der Waals surface area contributed by atoms with Crippen molar-refractivity contribution in [1.82, 2.24) is 9.47 Å². The highest BCUT2D eigenvalue weighted by Gasteiger charge is 2.26. The first kappa shape index (κ1) is 23.1. The van der Waals surface area contributed by atoms with E-state index in [1.54, 1.807) is 4.57 Å². The fourth-order valence-electron chi connectivity index (χ4n) is 3.99. The number of hydrogen-bond acceptors (Lipinski definition) is 4. The highest BCUT2D eigenvalue weighted by molar-refractivity contribution is 7.07. The molecule has 0 bridgehead atoms. The van der Waals surface area contributed by atoms with E-state index in [4.69, 9.17) is 0 Å². The molecule has 5 nitrogen and oxygen atoms in total. The van der Waals surface area contributed by atoms with E-state index in [0.29, 0.717) is 27.0 Å². The van der Waals surface area contributed by atoms with Gasteiger partial charge in [0.15, 0.2) is 0 Å². The van der Waals surface area contributed by atoms with Crippen molar-refractivity contribution in [2.24, 2.45) is 0 Å². The molecule has 2 heterocycles. The molecule has 2 aromatic carbocycles. The summed E-state index contributed by atoms with van der Waals surface area (Å²) in [5.74, 6) is -1.69. The van der Waals surface area contributed by atoms with E-state index in [1.807, 2.05) is 24.3 Å². The van der Waals surface area contributed by atoms with Crippen LogP contribution in [0.2, 0.25) is 0 Å². The molecule has 0 fully saturated rings. The molecule has 1 aromatic heterocycles. The lowest BCUT2D eigenvalue weighted by Gasteiger charge is -2.17. The molecule has 4 rings (SSSR count). The van der Waals surface area contributed by atoms with Crippen LogP contribution in [0, 0.1) is 11.6 Å². The van der Waals surface area contributed by atoms with Gasteiger partial charge in [0, 0.05) is 29.4 Å². The lowest BCUT2D eigenvalue weighted by Crippen LogP contribution is -2.34. The molecule has 0 atom stereocenters. The second-order valence-electron chi connectivity index (χ2n) is 7.79. The van der Waals surface area contributed by atoms with Gasteiger partial charge in [-0.3, -0.25) is 14.2 Å². The van der Waals surface area contributed by atoms with Crippen molar-refractivity contribution in [2.75, 3.05) is 25.0 Å². The van der Waals surface area contributed by atoms with Crippen molar-refractivity contribution < 1.29 is 13.6 Å². The summed E-state index contributed by atoms with van der Waals surface area (Å²) < 4.78 is 30.0. The van der Waals surface area contributed by atoms with Gasteiger partial charge in [-0.15, -0.1) is 11.3 Å². The largest absolute Gasteiger partial charge is 0.321 e. The maximum absolute atomic E-state index is 14.3. The molecule has 1 N–H and O–H groups in total. The van der Waals surface area contributed by atoms with Crippen molar-refractivity contribution in [3.8, 4) is 0 Å². The summed E-state index contributed by atoms with van der Waals surface area (Å²) in [4.78, 5) is 28.5. The van der Waals surface area contributed by atoms with Crippen LogP contribution in [0.5, 0.6) is 0 Å². The number of carbonyl (C=O) groups excluding carboxylic acids is 1. The number of hydrogen-bond donors (Lipinski definition) is 1. The third kappa shape index (κ3) is 4.67. The SMILES string of the molecule is CCN(CC)CCCn1c(=O)/c(=C/c2ccc(F)cc2F)s/c1=C1\C(=O)Nc2ccccc21. The maximum Gasteiger partial charge on any atom is 0.269 e. The van der Waals surface area contributed by atoms with E-state index >= 15 is 0 Å². The summed E-state index contributed by atoms with van der Waals surface area (Å²) >= 11 is 1.15. The number of amides is 1. The average molecular weight is 470 g/mol. The Balaban J connectivity index is 1.89. The first-order chi connectivity index (χ1) is 15.9. The van der Waals surface area contributed by atoms with Crippen LogP contribution >= 0.6 is 11.3 Å². The Hall–Kier alpha value is -3.10. The molecular weight excluding hydrogens is 444 g/mol. The van der Waals surface area contributed by atoms with Crippen molar-refractivity contribution in [2.45, 2.75) is 26.8 Å². The van der Waals surface area contributed by atoms with E-state index < -0.39 is 11.6 Å². The van der Waals surface area contributed by atoms with Crippen LogP contribution < -0.4 is 20.1 Å². The summed E-state index contributed by atoms with van der Waals surface area (Å²) in [6.45, 7) is 7.26. The topological polar surface area (TPSA) is 54.3 Å². The summed E-state index contributed by atoms with van der Waals surface area (Å²) in [6, 6.07) is 10.6. The van der Waals surface area contributed by atoms with Gasteiger partial charge >= 0.3 is 0 Å². The Bertz CT molecular complexity index is 1370. The quantitative estimate of drug-likeness (QED) is 0.579. The number of aromatic nitrogens is 1. The van der Waals surface area contributed by atoms with E-state index in [0.717, 1.165) is 55.1 Å². The molecule has 1 amide bonds. The lowest BCUT2D eigenvalue weighted by atomic mass is 10.1. The van der Waals surface area contributed by atoms with Crippen LogP contribution in [0.1, 0.15) is 31.4 Å². The van der Waals surface area contributed by atoms with E-state index in [1.165, 1.54) is 12.1 Å². The minimum atomic E-state index is -0.742. The first-order valence-corrected chi connectivity index (χ1v) is 11.8. The number of nitrogens with zero attached hydrogens (tertiary/aromatic N) is 2. The minimum absolute atomic E-state index is 0.123. The second-order valence-corrected chi connectivity index (χ2v) is 8.82. The van der Waals surface area contributed by atoms with Crippen LogP contribution in [0.4, 0.5) is 14.5 Å². The van der Waals surface area contributed by atoms with Crippen LogP contribution in [-0.4, -0.2) is 35.0 Å².